The van der Waals surface area contributed by atoms with Crippen molar-refractivity contribution in [3.63, 3.8) is 0 Å². The van der Waals surface area contributed by atoms with E-state index in [2.05, 4.69) is 35.6 Å². The maximum absolute atomic E-state index is 13.0. The van der Waals surface area contributed by atoms with E-state index in [9.17, 15) is 4.79 Å². The van der Waals surface area contributed by atoms with Crippen molar-refractivity contribution in [2.45, 2.75) is 65.6 Å². The van der Waals surface area contributed by atoms with Gasteiger partial charge in [0.2, 0.25) is 5.88 Å². The topological polar surface area (TPSA) is 55.3 Å². The van der Waals surface area contributed by atoms with Crippen LogP contribution in [0.15, 0.2) is 30.6 Å². The minimum atomic E-state index is -0.370. The van der Waals surface area contributed by atoms with Crippen molar-refractivity contribution in [2.75, 3.05) is 6.54 Å². The zero-order chi connectivity index (χ0) is 19.1. The number of ether oxygens (including phenoxy) is 1. The Hall–Kier alpha value is -2.01. The first kappa shape index (κ1) is 18.8. The van der Waals surface area contributed by atoms with E-state index in [1.807, 2.05) is 45.0 Å². The third-order valence-corrected chi connectivity index (χ3v) is 4.95. The molecular formula is C21H29N3O2. The summed E-state index contributed by atoms with van der Waals surface area (Å²) in [6, 6.07) is 7.70. The molecular weight excluding hydrogens is 326 g/mol. The van der Waals surface area contributed by atoms with Crippen LogP contribution in [0.4, 0.5) is 0 Å². The van der Waals surface area contributed by atoms with Gasteiger partial charge >= 0.3 is 0 Å². The monoisotopic (exact) mass is 355 g/mol. The highest BCUT2D eigenvalue weighted by Gasteiger charge is 2.45. The van der Waals surface area contributed by atoms with Gasteiger partial charge in [-0.2, -0.15) is 0 Å². The predicted molar refractivity (Wildman–Crippen MR) is 103 cm³/mol. The van der Waals surface area contributed by atoms with Crippen LogP contribution < -0.4 is 4.74 Å². The van der Waals surface area contributed by atoms with E-state index in [-0.39, 0.29) is 28.9 Å². The number of carbonyl (C=O) groups is 1. The molecule has 2 unspecified atom stereocenters. The van der Waals surface area contributed by atoms with Crippen LogP contribution in [0.2, 0.25) is 0 Å². The SMILES string of the molecule is CC(C)(C)C(=O)C1CC(Oc2ncnc3ccccc23)CN1C(C)(C)C. The molecule has 2 heterocycles. The summed E-state index contributed by atoms with van der Waals surface area (Å²) in [5.74, 6) is 0.865. The highest BCUT2D eigenvalue weighted by molar-refractivity contribution is 5.89. The number of nitrogens with zero attached hydrogens (tertiary/aromatic N) is 3. The molecule has 0 radical (unpaired) electrons. The van der Waals surface area contributed by atoms with E-state index >= 15 is 0 Å². The number of benzene rings is 1. The minimum absolute atomic E-state index is 0.0659. The van der Waals surface area contributed by atoms with Crippen LogP contribution in [0.3, 0.4) is 0 Å². The summed E-state index contributed by atoms with van der Waals surface area (Å²) >= 11 is 0. The van der Waals surface area contributed by atoms with Crippen molar-refractivity contribution in [3.05, 3.63) is 30.6 Å². The fraction of sp³-hybridized carbons (Fsp3) is 0.571. The molecule has 5 nitrogen and oxygen atoms in total. The molecule has 0 amide bonds. The third kappa shape index (κ3) is 3.73. The molecule has 1 saturated heterocycles. The van der Waals surface area contributed by atoms with E-state index in [4.69, 9.17) is 4.74 Å². The Balaban J connectivity index is 1.86. The number of ketones is 1. The van der Waals surface area contributed by atoms with Crippen LogP contribution in [-0.2, 0) is 4.79 Å². The van der Waals surface area contributed by atoms with Crippen molar-refractivity contribution >= 4 is 16.7 Å². The first-order valence-corrected chi connectivity index (χ1v) is 9.25. The van der Waals surface area contributed by atoms with Crippen molar-refractivity contribution in [3.8, 4) is 5.88 Å². The van der Waals surface area contributed by atoms with Gasteiger partial charge in [0.25, 0.3) is 0 Å². The van der Waals surface area contributed by atoms with Gasteiger partial charge in [0.05, 0.1) is 16.9 Å². The van der Waals surface area contributed by atoms with E-state index in [0.717, 1.165) is 10.9 Å². The molecule has 2 atom stereocenters. The molecule has 2 aromatic rings. The van der Waals surface area contributed by atoms with Gasteiger partial charge in [-0.05, 0) is 32.9 Å². The number of hydrogen-bond donors (Lipinski definition) is 0. The molecule has 0 spiro atoms. The summed E-state index contributed by atoms with van der Waals surface area (Å²) in [6.07, 6.45) is 2.15. The van der Waals surface area contributed by atoms with Crippen molar-refractivity contribution in [1.29, 1.82) is 0 Å². The molecule has 1 aliphatic rings. The molecule has 140 valence electrons. The Labute approximate surface area is 155 Å². The van der Waals surface area contributed by atoms with E-state index in [1.54, 1.807) is 0 Å². The zero-order valence-electron chi connectivity index (χ0n) is 16.6. The second-order valence-electron chi connectivity index (χ2n) is 9.12. The van der Waals surface area contributed by atoms with Crippen LogP contribution >= 0.6 is 0 Å². The standard InChI is InChI=1S/C21H29N3O2/c1-20(2,3)18(25)17-11-14(12-24(17)21(4,5)6)26-19-15-9-7-8-10-16(15)22-13-23-19/h7-10,13-14,17H,11-12H2,1-6H3. The van der Waals surface area contributed by atoms with Crippen LogP contribution in [0, 0.1) is 5.41 Å². The van der Waals surface area contributed by atoms with Crippen LogP contribution in [-0.4, -0.2) is 44.9 Å². The van der Waals surface area contributed by atoms with Gasteiger partial charge in [-0.25, -0.2) is 9.97 Å². The highest BCUT2D eigenvalue weighted by Crippen LogP contribution is 2.34. The molecule has 0 aliphatic carbocycles. The molecule has 0 bridgehead atoms. The molecule has 0 saturated carbocycles. The highest BCUT2D eigenvalue weighted by atomic mass is 16.5. The van der Waals surface area contributed by atoms with Gasteiger partial charge < -0.3 is 4.74 Å². The van der Waals surface area contributed by atoms with Crippen LogP contribution in [0.25, 0.3) is 10.9 Å². The number of fused-ring (bicyclic) bond motifs is 1. The van der Waals surface area contributed by atoms with E-state index < -0.39 is 0 Å². The second-order valence-corrected chi connectivity index (χ2v) is 9.12. The summed E-state index contributed by atoms with van der Waals surface area (Å²) in [6.45, 7) is 13.1. The number of carbonyl (C=O) groups excluding carboxylic acids is 1. The predicted octanol–water partition coefficient (Wildman–Crippen LogP) is 3.87. The summed E-state index contributed by atoms with van der Waals surface area (Å²) in [4.78, 5) is 23.9. The van der Waals surface area contributed by atoms with Gasteiger partial charge in [0, 0.05) is 23.9 Å². The van der Waals surface area contributed by atoms with Gasteiger partial charge in [0.15, 0.2) is 5.78 Å². The first-order chi connectivity index (χ1) is 12.1. The zero-order valence-corrected chi connectivity index (χ0v) is 16.6. The number of para-hydroxylation sites is 1. The average molecular weight is 355 g/mol. The third-order valence-electron chi connectivity index (χ3n) is 4.95. The van der Waals surface area contributed by atoms with Crippen molar-refractivity contribution in [1.82, 2.24) is 14.9 Å². The quantitative estimate of drug-likeness (QED) is 0.837. The Kier molecular flexibility index (Phi) is 4.78. The molecule has 1 aliphatic heterocycles. The first-order valence-electron chi connectivity index (χ1n) is 9.25. The van der Waals surface area contributed by atoms with E-state index in [1.165, 1.54) is 6.33 Å². The van der Waals surface area contributed by atoms with Gasteiger partial charge in [-0.3, -0.25) is 9.69 Å². The van der Waals surface area contributed by atoms with Gasteiger partial charge in [0.1, 0.15) is 12.4 Å². The summed E-state index contributed by atoms with van der Waals surface area (Å²) in [5, 5.41) is 0.905. The average Bonchev–Trinajstić information content (AvgIpc) is 2.97. The van der Waals surface area contributed by atoms with E-state index in [0.29, 0.717) is 18.8 Å². The fourth-order valence-corrected chi connectivity index (χ4v) is 3.60. The Morgan fingerprint density at radius 2 is 1.81 bits per heavy atom. The summed E-state index contributed by atoms with van der Waals surface area (Å²) in [7, 11) is 0. The maximum atomic E-state index is 13.0. The second kappa shape index (κ2) is 6.62. The van der Waals surface area contributed by atoms with Crippen LogP contribution in [0.5, 0.6) is 5.88 Å². The lowest BCUT2D eigenvalue weighted by molar-refractivity contribution is -0.132. The fourth-order valence-electron chi connectivity index (χ4n) is 3.60. The summed E-state index contributed by atoms with van der Waals surface area (Å²) < 4.78 is 6.26. The largest absolute Gasteiger partial charge is 0.472 e. The number of likely N-dealkylation sites (tertiary alicyclic amines) is 1. The lowest BCUT2D eigenvalue weighted by atomic mass is 9.84. The number of hydrogen-bond acceptors (Lipinski definition) is 5. The molecule has 1 aromatic heterocycles. The van der Waals surface area contributed by atoms with Crippen LogP contribution in [0.1, 0.15) is 48.0 Å². The lowest BCUT2D eigenvalue weighted by Crippen LogP contribution is -2.50. The Morgan fingerprint density at radius 3 is 2.46 bits per heavy atom. The number of Topliss-reactive ketones (excluding diaryl/α,β-unsaturated/α-hetero) is 1. The smallest absolute Gasteiger partial charge is 0.224 e. The lowest BCUT2D eigenvalue weighted by Gasteiger charge is -2.38. The summed E-state index contributed by atoms with van der Waals surface area (Å²) in [5.41, 5.74) is 0.396. The number of rotatable bonds is 3. The Bertz CT molecular complexity index is 799. The molecule has 1 fully saturated rings. The molecule has 3 rings (SSSR count). The maximum Gasteiger partial charge on any atom is 0.224 e. The molecule has 26 heavy (non-hydrogen) atoms. The molecule has 1 aromatic carbocycles. The van der Waals surface area contributed by atoms with Crippen molar-refractivity contribution in [2.24, 2.45) is 5.41 Å². The Morgan fingerprint density at radius 1 is 1.12 bits per heavy atom. The normalized spacial score (nSPS) is 21.9. The molecule has 5 heteroatoms. The minimum Gasteiger partial charge on any atom is -0.472 e. The van der Waals surface area contributed by atoms with Gasteiger partial charge in [-0.1, -0.05) is 32.9 Å². The number of aromatic nitrogens is 2. The van der Waals surface area contributed by atoms with Gasteiger partial charge in [-0.15, -0.1) is 0 Å². The molecule has 0 N–H and O–H groups in total. The van der Waals surface area contributed by atoms with Crippen molar-refractivity contribution < 1.29 is 9.53 Å².